The molecular weight excluding hydrogens is 977 g/mol. The Balaban J connectivity index is 0.788. The van der Waals surface area contributed by atoms with Gasteiger partial charge >= 0.3 is 0 Å². The van der Waals surface area contributed by atoms with Crippen molar-refractivity contribution in [1.82, 2.24) is 10.6 Å². The highest BCUT2D eigenvalue weighted by Crippen LogP contribution is 2.62. The zero-order valence-electron chi connectivity index (χ0n) is 43.7. The summed E-state index contributed by atoms with van der Waals surface area (Å²) in [6.45, 7) is 0.828. The van der Waals surface area contributed by atoms with Gasteiger partial charge in [0, 0.05) is 74.7 Å². The molecule has 0 radical (unpaired) electrons. The van der Waals surface area contributed by atoms with Gasteiger partial charge in [-0.15, -0.1) is 0 Å². The van der Waals surface area contributed by atoms with Crippen LogP contribution < -0.4 is 20.4 Å². The average Bonchev–Trinajstić information content (AvgIpc) is 4.30. The Morgan fingerprint density at radius 2 is 1.39 bits per heavy atom. The number of hydrogen-bond acceptors (Lipinski definition) is 8. The lowest BCUT2D eigenvalue weighted by Crippen LogP contribution is -2.47. The molecular formula is C69H66N6S2. The highest BCUT2D eigenvalue weighted by Gasteiger charge is 2.49. The zero-order chi connectivity index (χ0) is 50.6. The molecule has 6 aliphatic carbocycles. The fourth-order valence-electron chi connectivity index (χ4n) is 15.8. The molecule has 77 heavy (non-hydrogen) atoms. The van der Waals surface area contributed by atoms with Crippen molar-refractivity contribution in [1.29, 1.82) is 0 Å². The van der Waals surface area contributed by atoms with Gasteiger partial charge in [-0.25, -0.2) is 9.98 Å². The van der Waals surface area contributed by atoms with Gasteiger partial charge in [0.25, 0.3) is 0 Å². The van der Waals surface area contributed by atoms with Gasteiger partial charge in [-0.05, 0) is 162 Å². The van der Waals surface area contributed by atoms with Crippen molar-refractivity contribution in [3.8, 4) is 0 Å². The van der Waals surface area contributed by atoms with Crippen LogP contribution in [0.3, 0.4) is 0 Å². The van der Waals surface area contributed by atoms with E-state index in [1.807, 2.05) is 0 Å². The van der Waals surface area contributed by atoms with E-state index in [0.29, 0.717) is 35.8 Å². The first-order valence-corrected chi connectivity index (χ1v) is 30.7. The van der Waals surface area contributed by atoms with Gasteiger partial charge in [0.1, 0.15) is 11.7 Å². The van der Waals surface area contributed by atoms with Gasteiger partial charge in [-0.2, -0.15) is 0 Å². The van der Waals surface area contributed by atoms with Crippen molar-refractivity contribution >= 4 is 46.6 Å². The van der Waals surface area contributed by atoms with Crippen LogP contribution in [0.1, 0.15) is 112 Å². The molecule has 1 saturated heterocycles. The fraction of sp³-hybridized carbons (Fsp3) is 0.333. The second-order valence-electron chi connectivity index (χ2n) is 23.3. The summed E-state index contributed by atoms with van der Waals surface area (Å²) in [6.07, 6.45) is 38.3. The Bertz CT molecular complexity index is 3480. The molecule has 0 saturated carbocycles. The summed E-state index contributed by atoms with van der Waals surface area (Å²) in [5.74, 6) is 4.15. The van der Waals surface area contributed by atoms with Gasteiger partial charge < -0.3 is 20.4 Å². The molecule has 6 aliphatic heterocycles. The van der Waals surface area contributed by atoms with E-state index in [1.165, 1.54) is 87.0 Å². The molecule has 4 aromatic carbocycles. The molecule has 4 aromatic rings. The number of rotatable bonds is 7. The van der Waals surface area contributed by atoms with Gasteiger partial charge in [-0.1, -0.05) is 163 Å². The minimum atomic E-state index is -0.323. The van der Waals surface area contributed by atoms with Crippen LogP contribution in [0, 0.1) is 29.6 Å². The lowest BCUT2D eigenvalue weighted by atomic mass is 9.75. The standard InChI is InChI=1S/C69H66N6S2/c1-5-19-42(20-6-1)67-71-68(43-21-7-2-8-22-43)73-69(72-67)57-37-44(47-29-17-30-52-51-36-35-50-48-27-13-15-33-58(48)74(45-23-9-3-10-24-45)60(50)39-62(51)76-65(47)52)41-70-64(57)54-32-18-31-53-56-38-55-49-28-14-16-34-59(49)75(46-25-11-4-12-26-46)61(55)40-63(56)77-66(53)54/h1-12,16,18-21,23-26,30-32,34,37,39-40,43,50-51,55-57,60-61,64,67,70H,13-15,17,22,27-29,33,35-36,38,41H2,(H,71,72,73). The largest absolute Gasteiger partial charge is 0.338 e. The smallest absolute Gasteiger partial charge is 0.169 e. The third-order valence-corrected chi connectivity index (χ3v) is 21.9. The monoisotopic (exact) mass is 1040 g/mol. The van der Waals surface area contributed by atoms with E-state index in [9.17, 15) is 0 Å². The second-order valence-corrected chi connectivity index (χ2v) is 25.5. The van der Waals surface area contributed by atoms with Gasteiger partial charge in [0.05, 0.1) is 18.0 Å². The highest BCUT2D eigenvalue weighted by atomic mass is 32.2. The molecule has 2 N–H and O–H groups in total. The predicted octanol–water partition coefficient (Wildman–Crippen LogP) is 16.0. The van der Waals surface area contributed by atoms with Crippen LogP contribution in [-0.4, -0.2) is 30.3 Å². The first kappa shape index (κ1) is 46.7. The third kappa shape index (κ3) is 7.85. The van der Waals surface area contributed by atoms with E-state index in [2.05, 4.69) is 214 Å². The highest BCUT2D eigenvalue weighted by molar-refractivity contribution is 8.07. The van der Waals surface area contributed by atoms with E-state index in [0.717, 1.165) is 62.3 Å². The number of anilines is 2. The number of nitrogens with zero attached hydrogens (tertiary/aromatic N) is 4. The zero-order valence-corrected chi connectivity index (χ0v) is 45.4. The Kier molecular flexibility index (Phi) is 11.7. The van der Waals surface area contributed by atoms with E-state index < -0.39 is 0 Å². The number of amidine groups is 2. The van der Waals surface area contributed by atoms with Crippen LogP contribution >= 0.6 is 23.5 Å². The Labute approximate surface area is 463 Å². The van der Waals surface area contributed by atoms with Crippen molar-refractivity contribution in [2.45, 2.75) is 112 Å². The molecule has 16 rings (SSSR count). The molecule has 384 valence electrons. The van der Waals surface area contributed by atoms with Crippen molar-refractivity contribution in [2.75, 3.05) is 16.3 Å². The third-order valence-electron chi connectivity index (χ3n) is 19.3. The molecule has 10 atom stereocenters. The molecule has 6 heterocycles. The number of benzene rings is 4. The van der Waals surface area contributed by atoms with Crippen LogP contribution in [0.4, 0.5) is 11.4 Å². The summed E-state index contributed by atoms with van der Waals surface area (Å²) >= 11 is 4.18. The van der Waals surface area contributed by atoms with E-state index >= 15 is 0 Å². The Morgan fingerprint density at radius 3 is 2.22 bits per heavy atom. The van der Waals surface area contributed by atoms with Crippen molar-refractivity contribution in [2.24, 2.45) is 39.6 Å². The minimum absolute atomic E-state index is 0.0138. The first-order chi connectivity index (χ1) is 38.2. The molecule has 0 aromatic heterocycles. The number of aliphatic imine (C=N–C) groups is 2. The number of para-hydroxylation sites is 2. The molecule has 0 spiro atoms. The molecule has 10 unspecified atom stereocenters. The summed E-state index contributed by atoms with van der Waals surface area (Å²) in [5, 5.41) is 8.34. The number of nitrogens with one attached hydrogen (secondary N) is 2. The number of allylic oxidation sites excluding steroid dienone is 10. The lowest BCUT2D eigenvalue weighted by Gasteiger charge is -2.37. The van der Waals surface area contributed by atoms with Crippen LogP contribution in [0.2, 0.25) is 0 Å². The molecule has 1 fully saturated rings. The SMILES string of the molecule is C1=CCC(C2=NC(c3ccccc3)N=C(C3C=C(C4=C5SC6=CC7C(CCC6C5=CCC4)C4=C(CCCC4)N7c4ccccc4)CNC3c3cccc4c3SC3=CC5C(CC34)C3=C(C=CCC3)N5c3ccccc3)N2)C=C1. The topological polar surface area (TPSA) is 55.3 Å². The maximum Gasteiger partial charge on any atom is 0.169 e. The lowest BCUT2D eigenvalue weighted by molar-refractivity contribution is 0.460. The van der Waals surface area contributed by atoms with Gasteiger partial charge in [0.2, 0.25) is 0 Å². The van der Waals surface area contributed by atoms with Crippen molar-refractivity contribution in [3.05, 3.63) is 241 Å². The Hall–Kier alpha value is -6.32. The van der Waals surface area contributed by atoms with Crippen LogP contribution in [0.25, 0.3) is 0 Å². The van der Waals surface area contributed by atoms with Crippen LogP contribution in [0.5, 0.6) is 0 Å². The normalized spacial score (nSPS) is 31.5. The van der Waals surface area contributed by atoms with E-state index in [-0.39, 0.29) is 24.0 Å². The first-order valence-electron chi connectivity index (χ1n) is 29.1. The van der Waals surface area contributed by atoms with E-state index in [4.69, 9.17) is 9.98 Å². The quantitative estimate of drug-likeness (QED) is 0.192. The van der Waals surface area contributed by atoms with Crippen molar-refractivity contribution < 1.29 is 0 Å². The number of hydrogen-bond donors (Lipinski definition) is 2. The van der Waals surface area contributed by atoms with Gasteiger partial charge in [-0.3, -0.25) is 0 Å². The second kappa shape index (κ2) is 19.2. The minimum Gasteiger partial charge on any atom is -0.338 e. The van der Waals surface area contributed by atoms with Crippen LogP contribution in [0.15, 0.2) is 239 Å². The molecule has 12 aliphatic rings. The summed E-state index contributed by atoms with van der Waals surface area (Å²) in [6, 6.07) is 41.3. The summed E-state index contributed by atoms with van der Waals surface area (Å²) < 4.78 is 0. The number of thioether (sulfide) groups is 2. The maximum atomic E-state index is 5.69. The number of fused-ring (bicyclic) bond motifs is 10. The average molecular weight is 1040 g/mol. The molecule has 8 heteroatoms. The predicted molar refractivity (Wildman–Crippen MR) is 320 cm³/mol. The maximum absolute atomic E-state index is 5.69. The van der Waals surface area contributed by atoms with E-state index in [1.54, 1.807) is 32.9 Å². The molecule has 6 nitrogen and oxygen atoms in total. The summed E-state index contributed by atoms with van der Waals surface area (Å²) in [4.78, 5) is 22.6. The Morgan fingerprint density at radius 1 is 0.623 bits per heavy atom. The van der Waals surface area contributed by atoms with Gasteiger partial charge in [0.15, 0.2) is 6.17 Å². The molecule has 0 bridgehead atoms. The summed E-state index contributed by atoms with van der Waals surface area (Å²) in [5.41, 5.74) is 17.8. The van der Waals surface area contributed by atoms with Crippen LogP contribution in [-0.2, 0) is 0 Å². The fourth-order valence-corrected chi connectivity index (χ4v) is 18.8. The summed E-state index contributed by atoms with van der Waals surface area (Å²) in [7, 11) is 0. The van der Waals surface area contributed by atoms with Crippen molar-refractivity contribution in [3.63, 3.8) is 0 Å². The molecule has 0 amide bonds.